The molecule has 1 amide bonds. The van der Waals surface area contributed by atoms with Crippen LogP contribution in [0.15, 0.2) is 4.42 Å². The summed E-state index contributed by atoms with van der Waals surface area (Å²) in [5, 5.41) is 6.64. The monoisotopic (exact) mass is 285 g/mol. The van der Waals surface area contributed by atoms with Gasteiger partial charge >= 0.3 is 6.09 Å². The number of ether oxygens (including phenoxy) is 1. The highest BCUT2D eigenvalue weighted by Gasteiger charge is 2.30. The minimum atomic E-state index is -0.478. The van der Waals surface area contributed by atoms with Gasteiger partial charge in [0.2, 0.25) is 5.89 Å². The number of carbonyl (C=O) groups excluding carboxylic acids is 1. The standard InChI is InChI=1S/C12H19N3O3S/c1-12(2,3)18-11(16)15-6-4-5-8(7-15)9-13-14-10(19)17-9/h8H,4-7H2,1-3H3,(H,14,19)/t8-/m0/s1. The Morgan fingerprint density at radius 3 is 2.89 bits per heavy atom. The molecular formula is C12H19N3O3S. The van der Waals surface area contributed by atoms with E-state index in [0.717, 1.165) is 12.8 Å². The van der Waals surface area contributed by atoms with E-state index in [2.05, 4.69) is 10.2 Å². The van der Waals surface area contributed by atoms with E-state index in [1.165, 1.54) is 0 Å². The third-order valence-electron chi connectivity index (χ3n) is 2.88. The summed E-state index contributed by atoms with van der Waals surface area (Å²) in [5.41, 5.74) is -0.478. The summed E-state index contributed by atoms with van der Waals surface area (Å²) in [5.74, 6) is 0.646. The van der Waals surface area contributed by atoms with Crippen molar-refractivity contribution >= 4 is 18.3 Å². The first-order chi connectivity index (χ1) is 8.85. The van der Waals surface area contributed by atoms with Crippen molar-refractivity contribution in [2.75, 3.05) is 13.1 Å². The topological polar surface area (TPSA) is 71.4 Å². The summed E-state index contributed by atoms with van der Waals surface area (Å²) in [6.07, 6.45) is 1.55. The molecule has 0 aliphatic carbocycles. The van der Waals surface area contributed by atoms with Crippen molar-refractivity contribution in [2.24, 2.45) is 0 Å². The number of aromatic amines is 1. The highest BCUT2D eigenvalue weighted by molar-refractivity contribution is 7.71. The van der Waals surface area contributed by atoms with E-state index in [0.29, 0.717) is 19.0 Å². The Kier molecular flexibility index (Phi) is 3.93. The first-order valence-electron chi connectivity index (χ1n) is 6.38. The van der Waals surface area contributed by atoms with Crippen LogP contribution in [0.4, 0.5) is 4.79 Å². The molecule has 2 heterocycles. The van der Waals surface area contributed by atoms with Gasteiger partial charge in [0.05, 0.1) is 5.92 Å². The van der Waals surface area contributed by atoms with Crippen LogP contribution in [-0.2, 0) is 4.74 Å². The van der Waals surface area contributed by atoms with Crippen LogP contribution in [0.5, 0.6) is 0 Å². The molecule has 1 saturated heterocycles. The SMILES string of the molecule is CC(C)(C)OC(=O)N1CCC[C@H](c2n[nH]c(=S)o2)C1. The molecule has 0 bridgehead atoms. The minimum Gasteiger partial charge on any atom is -0.444 e. The molecule has 1 atom stereocenters. The fraction of sp³-hybridized carbons (Fsp3) is 0.750. The number of hydrogen-bond acceptors (Lipinski definition) is 5. The normalized spacial score (nSPS) is 20.4. The fourth-order valence-electron chi connectivity index (χ4n) is 2.09. The van der Waals surface area contributed by atoms with Crippen LogP contribution < -0.4 is 0 Å². The van der Waals surface area contributed by atoms with Gasteiger partial charge in [0, 0.05) is 13.1 Å². The molecule has 0 aromatic carbocycles. The summed E-state index contributed by atoms with van der Waals surface area (Å²) in [4.78, 5) is 14.0. The predicted molar refractivity (Wildman–Crippen MR) is 71.5 cm³/mol. The lowest BCUT2D eigenvalue weighted by Crippen LogP contribution is -2.42. The van der Waals surface area contributed by atoms with Crippen LogP contribution in [0.25, 0.3) is 0 Å². The number of nitrogens with one attached hydrogen (secondary N) is 1. The third-order valence-corrected chi connectivity index (χ3v) is 3.05. The maximum absolute atomic E-state index is 12.0. The number of H-pyrrole nitrogens is 1. The van der Waals surface area contributed by atoms with Gasteiger partial charge in [-0.3, -0.25) is 0 Å². The molecule has 0 unspecified atom stereocenters. The Bertz CT molecular complexity index is 503. The Hall–Kier alpha value is -1.37. The maximum Gasteiger partial charge on any atom is 0.410 e. The highest BCUT2D eigenvalue weighted by Crippen LogP contribution is 2.26. The second-order valence-corrected chi connectivity index (χ2v) is 6.09. The largest absolute Gasteiger partial charge is 0.444 e. The smallest absolute Gasteiger partial charge is 0.410 e. The fourth-order valence-corrected chi connectivity index (χ4v) is 2.22. The molecule has 19 heavy (non-hydrogen) atoms. The van der Waals surface area contributed by atoms with E-state index in [9.17, 15) is 4.79 Å². The van der Waals surface area contributed by atoms with Crippen molar-refractivity contribution < 1.29 is 13.9 Å². The van der Waals surface area contributed by atoms with Gasteiger partial charge in [-0.1, -0.05) is 0 Å². The summed E-state index contributed by atoms with van der Waals surface area (Å²) >= 11 is 4.86. The van der Waals surface area contributed by atoms with Crippen molar-refractivity contribution in [1.82, 2.24) is 15.1 Å². The summed E-state index contributed by atoms with van der Waals surface area (Å²) in [7, 11) is 0. The molecule has 1 N–H and O–H groups in total. The first kappa shape index (κ1) is 14.0. The lowest BCUT2D eigenvalue weighted by molar-refractivity contribution is 0.0190. The summed E-state index contributed by atoms with van der Waals surface area (Å²) in [6.45, 7) is 6.84. The number of likely N-dealkylation sites (tertiary alicyclic amines) is 1. The lowest BCUT2D eigenvalue weighted by Gasteiger charge is -2.32. The average molecular weight is 285 g/mol. The van der Waals surface area contributed by atoms with E-state index in [1.54, 1.807) is 4.90 Å². The van der Waals surface area contributed by atoms with Crippen LogP contribution in [0.3, 0.4) is 0 Å². The number of hydrogen-bond donors (Lipinski definition) is 1. The van der Waals surface area contributed by atoms with Gasteiger partial charge < -0.3 is 14.1 Å². The van der Waals surface area contributed by atoms with Gasteiger partial charge in [0.25, 0.3) is 4.84 Å². The van der Waals surface area contributed by atoms with E-state index in [-0.39, 0.29) is 16.8 Å². The average Bonchev–Trinajstić information content (AvgIpc) is 2.74. The Balaban J connectivity index is 2.01. The molecular weight excluding hydrogens is 266 g/mol. The molecule has 0 saturated carbocycles. The van der Waals surface area contributed by atoms with Crippen molar-refractivity contribution in [3.05, 3.63) is 10.7 Å². The molecule has 1 aliphatic heterocycles. The van der Waals surface area contributed by atoms with Gasteiger partial charge in [-0.05, 0) is 45.8 Å². The maximum atomic E-state index is 12.0. The van der Waals surface area contributed by atoms with Gasteiger partial charge in [0.1, 0.15) is 5.60 Å². The van der Waals surface area contributed by atoms with E-state index < -0.39 is 5.60 Å². The number of nitrogens with zero attached hydrogens (tertiary/aromatic N) is 2. The molecule has 106 valence electrons. The second kappa shape index (κ2) is 5.32. The molecule has 7 heteroatoms. The molecule has 0 radical (unpaired) electrons. The van der Waals surface area contributed by atoms with Crippen LogP contribution in [0, 0.1) is 4.84 Å². The summed E-state index contributed by atoms with van der Waals surface area (Å²) < 4.78 is 10.7. The first-order valence-corrected chi connectivity index (χ1v) is 6.79. The van der Waals surface area contributed by atoms with Crippen LogP contribution in [-0.4, -0.2) is 39.9 Å². The molecule has 6 nitrogen and oxygen atoms in total. The summed E-state index contributed by atoms with van der Waals surface area (Å²) in [6, 6.07) is 0. The van der Waals surface area contributed by atoms with Crippen LogP contribution >= 0.6 is 12.2 Å². The number of carbonyl (C=O) groups is 1. The van der Waals surface area contributed by atoms with Gasteiger partial charge in [0.15, 0.2) is 0 Å². The molecule has 0 spiro atoms. The molecule has 1 fully saturated rings. The zero-order valence-corrected chi connectivity index (χ0v) is 12.2. The number of piperidine rings is 1. The second-order valence-electron chi connectivity index (χ2n) is 5.72. The van der Waals surface area contributed by atoms with Gasteiger partial charge in [-0.2, -0.15) is 0 Å². The van der Waals surface area contributed by atoms with E-state index in [1.807, 2.05) is 20.8 Å². The van der Waals surface area contributed by atoms with Crippen molar-refractivity contribution in [2.45, 2.75) is 45.1 Å². The molecule has 1 aliphatic rings. The lowest BCUT2D eigenvalue weighted by atomic mass is 9.98. The van der Waals surface area contributed by atoms with Crippen molar-refractivity contribution in [3.63, 3.8) is 0 Å². The van der Waals surface area contributed by atoms with E-state index in [4.69, 9.17) is 21.4 Å². The Labute approximate surface area is 117 Å². The number of aromatic nitrogens is 2. The molecule has 1 aromatic heterocycles. The van der Waals surface area contributed by atoms with E-state index >= 15 is 0 Å². The zero-order chi connectivity index (χ0) is 14.0. The molecule has 2 rings (SSSR count). The quantitative estimate of drug-likeness (QED) is 0.803. The van der Waals surface area contributed by atoms with Crippen molar-refractivity contribution in [1.29, 1.82) is 0 Å². The number of amides is 1. The van der Waals surface area contributed by atoms with Crippen LogP contribution in [0.2, 0.25) is 0 Å². The minimum absolute atomic E-state index is 0.0780. The van der Waals surface area contributed by atoms with Crippen LogP contribution in [0.1, 0.15) is 45.4 Å². The number of rotatable bonds is 1. The van der Waals surface area contributed by atoms with Gasteiger partial charge in [-0.25, -0.2) is 9.89 Å². The van der Waals surface area contributed by atoms with Crippen molar-refractivity contribution in [3.8, 4) is 0 Å². The third kappa shape index (κ3) is 3.79. The zero-order valence-electron chi connectivity index (χ0n) is 11.4. The molecule has 1 aromatic rings. The highest BCUT2D eigenvalue weighted by atomic mass is 32.1. The Morgan fingerprint density at radius 1 is 1.58 bits per heavy atom. The van der Waals surface area contributed by atoms with Gasteiger partial charge in [-0.15, -0.1) is 5.10 Å². The predicted octanol–water partition coefficient (Wildman–Crippen LogP) is 2.85. The Morgan fingerprint density at radius 2 is 2.32 bits per heavy atom.